The van der Waals surface area contributed by atoms with Crippen molar-refractivity contribution in [1.82, 2.24) is 9.78 Å². The van der Waals surface area contributed by atoms with E-state index >= 15 is 0 Å². The minimum absolute atomic E-state index is 0.0348. The van der Waals surface area contributed by atoms with Crippen LogP contribution < -0.4 is 10.9 Å². The Morgan fingerprint density at radius 1 is 1.54 bits per heavy atom. The van der Waals surface area contributed by atoms with Gasteiger partial charge in [0.15, 0.2) is 0 Å². The summed E-state index contributed by atoms with van der Waals surface area (Å²) in [5.41, 5.74) is 0.195. The van der Waals surface area contributed by atoms with E-state index in [9.17, 15) is 14.0 Å². The molecule has 6 nitrogen and oxygen atoms in total. The Labute approximate surface area is 160 Å². The third-order valence-electron chi connectivity index (χ3n) is 6.33. The van der Waals surface area contributed by atoms with E-state index in [-0.39, 0.29) is 17.1 Å². The highest BCUT2D eigenvalue weighted by Gasteiger charge is 2.56. The quantitative estimate of drug-likeness (QED) is 0.724. The molecule has 1 aromatic rings. The van der Waals surface area contributed by atoms with E-state index in [0.29, 0.717) is 33.5 Å². The fraction of sp³-hybridized carbons (Fsp3) is 0.722. The third kappa shape index (κ3) is 3.06. The fourth-order valence-electron chi connectivity index (χ4n) is 4.56. The minimum Gasteiger partial charge on any atom is -0.462 e. The van der Waals surface area contributed by atoms with Crippen LogP contribution in [0.25, 0.3) is 0 Å². The standard InChI is InChI=1S/C18H25BrFN3O3/c1-5-26-17(25)15(20)23-16(24)14(19)13(8-21-23)22-12-7-10-6-11(9(12)2)18(10,3)4/h8-12,15,22H,5-7H2,1-4H3/t9-,10-,11+,12-,15?/m1/s1. The number of alkyl halides is 1. The average molecular weight is 430 g/mol. The van der Waals surface area contributed by atoms with E-state index in [2.05, 4.69) is 51.9 Å². The molecule has 1 unspecified atom stereocenters. The number of ether oxygens (including phenoxy) is 1. The lowest BCUT2D eigenvalue weighted by Gasteiger charge is -2.62. The number of hydrogen-bond acceptors (Lipinski definition) is 5. The van der Waals surface area contributed by atoms with Crippen molar-refractivity contribution >= 4 is 27.6 Å². The highest BCUT2D eigenvalue weighted by molar-refractivity contribution is 9.10. The molecule has 0 aromatic carbocycles. The maximum absolute atomic E-state index is 14.1. The van der Waals surface area contributed by atoms with Gasteiger partial charge in [0.2, 0.25) is 0 Å². The summed E-state index contributed by atoms with van der Waals surface area (Å²) in [6.07, 6.45) is 1.43. The number of carbonyl (C=O) groups is 1. The van der Waals surface area contributed by atoms with Crippen molar-refractivity contribution in [2.75, 3.05) is 11.9 Å². The molecule has 1 aromatic heterocycles. The molecule has 3 aliphatic rings. The number of rotatable bonds is 5. The van der Waals surface area contributed by atoms with Gasteiger partial charge in [-0.05, 0) is 58.9 Å². The summed E-state index contributed by atoms with van der Waals surface area (Å²) in [5, 5.41) is 7.23. The Balaban J connectivity index is 1.77. The molecule has 0 saturated heterocycles. The van der Waals surface area contributed by atoms with Crippen LogP contribution in [0.15, 0.2) is 15.5 Å². The van der Waals surface area contributed by atoms with E-state index in [1.54, 1.807) is 6.92 Å². The third-order valence-corrected chi connectivity index (χ3v) is 7.10. The number of nitrogens with zero attached hydrogens (tertiary/aromatic N) is 2. The number of carbonyl (C=O) groups excluding carboxylic acids is 1. The maximum Gasteiger partial charge on any atom is 0.363 e. The molecule has 1 N–H and O–H groups in total. The number of aromatic nitrogens is 2. The van der Waals surface area contributed by atoms with Gasteiger partial charge < -0.3 is 10.1 Å². The van der Waals surface area contributed by atoms with Crippen LogP contribution in [0, 0.1) is 23.2 Å². The Kier molecular flexibility index (Phi) is 5.16. The van der Waals surface area contributed by atoms with Crippen molar-refractivity contribution in [3.05, 3.63) is 21.0 Å². The number of halogens is 2. The SMILES string of the molecule is CCOC(=O)C(F)n1ncc(N[C@@H]2C[C@H]3C[C@@H]([C@H]2C)C3(C)C)c(Br)c1=O. The number of esters is 1. The number of hydrogen-bond donors (Lipinski definition) is 1. The molecule has 0 aliphatic heterocycles. The number of anilines is 1. The van der Waals surface area contributed by atoms with Crippen molar-refractivity contribution in [2.24, 2.45) is 23.2 Å². The average Bonchev–Trinajstić information content (AvgIpc) is 2.59. The van der Waals surface area contributed by atoms with Crippen LogP contribution in [0.2, 0.25) is 0 Å². The summed E-state index contributed by atoms with van der Waals surface area (Å²) in [5.74, 6) is 0.674. The molecule has 3 fully saturated rings. The van der Waals surface area contributed by atoms with E-state index in [4.69, 9.17) is 0 Å². The van der Waals surface area contributed by atoms with Crippen LogP contribution in [0.1, 0.15) is 46.8 Å². The molecule has 1 heterocycles. The summed E-state index contributed by atoms with van der Waals surface area (Å²) >= 11 is 3.23. The van der Waals surface area contributed by atoms with Gasteiger partial charge in [0.25, 0.3) is 11.9 Å². The molecule has 8 heteroatoms. The van der Waals surface area contributed by atoms with E-state index in [1.807, 2.05) is 0 Å². The normalized spacial score (nSPS) is 30.2. The Bertz CT molecular complexity index is 767. The number of fused-ring (bicyclic) bond motifs is 2. The first kappa shape index (κ1) is 19.3. The predicted octanol–water partition coefficient (Wildman–Crippen LogP) is 3.52. The summed E-state index contributed by atoms with van der Waals surface area (Å²) in [4.78, 5) is 23.9. The maximum atomic E-state index is 14.1. The molecular weight excluding hydrogens is 405 g/mol. The zero-order chi connectivity index (χ0) is 19.2. The highest BCUT2D eigenvalue weighted by Crippen LogP contribution is 2.61. The smallest absolute Gasteiger partial charge is 0.363 e. The first-order valence-electron chi connectivity index (χ1n) is 9.03. The molecule has 0 spiro atoms. The Morgan fingerprint density at radius 2 is 2.23 bits per heavy atom. The fourth-order valence-corrected chi connectivity index (χ4v) is 4.96. The highest BCUT2D eigenvalue weighted by atomic mass is 79.9. The molecule has 144 valence electrons. The van der Waals surface area contributed by atoms with Gasteiger partial charge in [-0.2, -0.15) is 9.78 Å². The lowest BCUT2D eigenvalue weighted by molar-refractivity contribution is -0.153. The van der Waals surface area contributed by atoms with Crippen molar-refractivity contribution in [3.8, 4) is 0 Å². The van der Waals surface area contributed by atoms with Gasteiger partial charge in [0, 0.05) is 6.04 Å². The predicted molar refractivity (Wildman–Crippen MR) is 99.5 cm³/mol. The molecule has 4 rings (SSSR count). The first-order chi connectivity index (χ1) is 12.2. The van der Waals surface area contributed by atoms with Crippen LogP contribution in [-0.2, 0) is 9.53 Å². The second-order valence-corrected chi connectivity index (χ2v) is 8.71. The lowest BCUT2D eigenvalue weighted by Crippen LogP contribution is -2.58. The molecule has 0 amide bonds. The van der Waals surface area contributed by atoms with Gasteiger partial charge in [-0.1, -0.05) is 20.8 Å². The zero-order valence-electron chi connectivity index (χ0n) is 15.5. The van der Waals surface area contributed by atoms with Crippen molar-refractivity contribution in [2.45, 2.75) is 52.9 Å². The van der Waals surface area contributed by atoms with Crippen LogP contribution >= 0.6 is 15.9 Å². The van der Waals surface area contributed by atoms with Gasteiger partial charge in [-0.25, -0.2) is 9.18 Å². The van der Waals surface area contributed by atoms with Crippen molar-refractivity contribution in [1.29, 1.82) is 0 Å². The van der Waals surface area contributed by atoms with Crippen LogP contribution in [0.4, 0.5) is 10.1 Å². The van der Waals surface area contributed by atoms with Crippen molar-refractivity contribution in [3.63, 3.8) is 0 Å². The lowest BCUT2D eigenvalue weighted by atomic mass is 9.45. The van der Waals surface area contributed by atoms with E-state index in [0.717, 1.165) is 6.42 Å². The van der Waals surface area contributed by atoms with Crippen LogP contribution in [0.3, 0.4) is 0 Å². The molecule has 3 saturated carbocycles. The second kappa shape index (κ2) is 6.94. The molecule has 5 atom stereocenters. The van der Waals surface area contributed by atoms with Crippen LogP contribution in [-0.4, -0.2) is 28.4 Å². The van der Waals surface area contributed by atoms with Gasteiger partial charge >= 0.3 is 5.97 Å². The molecule has 0 radical (unpaired) electrons. The Morgan fingerprint density at radius 3 is 2.81 bits per heavy atom. The van der Waals surface area contributed by atoms with Gasteiger partial charge in [0.05, 0.1) is 18.5 Å². The Hall–Kier alpha value is -1.44. The van der Waals surface area contributed by atoms with Crippen molar-refractivity contribution < 1.29 is 13.9 Å². The van der Waals surface area contributed by atoms with Gasteiger partial charge in [-0.3, -0.25) is 4.79 Å². The summed E-state index contributed by atoms with van der Waals surface area (Å²) in [6, 6.07) is 0.242. The monoisotopic (exact) mass is 429 g/mol. The molecular formula is C18H25BrFN3O3. The summed E-state index contributed by atoms with van der Waals surface area (Å²) in [7, 11) is 0. The molecule has 2 bridgehead atoms. The summed E-state index contributed by atoms with van der Waals surface area (Å²) < 4.78 is 19.4. The van der Waals surface area contributed by atoms with E-state index < -0.39 is 17.8 Å². The van der Waals surface area contributed by atoms with Gasteiger partial charge in [0.1, 0.15) is 4.47 Å². The largest absolute Gasteiger partial charge is 0.462 e. The zero-order valence-corrected chi connectivity index (χ0v) is 17.0. The topological polar surface area (TPSA) is 73.2 Å². The number of nitrogens with one attached hydrogen (secondary N) is 1. The van der Waals surface area contributed by atoms with Gasteiger partial charge in [-0.15, -0.1) is 0 Å². The molecule has 26 heavy (non-hydrogen) atoms. The molecule has 3 aliphatic carbocycles. The summed E-state index contributed by atoms with van der Waals surface area (Å²) in [6.45, 7) is 8.50. The second-order valence-electron chi connectivity index (χ2n) is 7.92. The minimum atomic E-state index is -2.25. The van der Waals surface area contributed by atoms with Crippen LogP contribution in [0.5, 0.6) is 0 Å². The van der Waals surface area contributed by atoms with E-state index in [1.165, 1.54) is 12.6 Å². The first-order valence-corrected chi connectivity index (χ1v) is 9.82.